The number of hydrogen-bond acceptors (Lipinski definition) is 4. The number of unbranched alkanes of at least 4 members (excludes halogenated alkanes) is 3. The van der Waals surface area contributed by atoms with Crippen LogP contribution in [0.4, 0.5) is 0 Å². The van der Waals surface area contributed by atoms with E-state index < -0.39 is 9.84 Å². The lowest BCUT2D eigenvalue weighted by atomic mass is 10.2. The van der Waals surface area contributed by atoms with Crippen LogP contribution < -0.4 is 10.6 Å². The molecule has 128 valence electrons. The molecule has 0 unspecified atom stereocenters. The van der Waals surface area contributed by atoms with Crippen molar-refractivity contribution in [2.75, 3.05) is 45.4 Å². The van der Waals surface area contributed by atoms with E-state index in [2.05, 4.69) is 22.5 Å². The minimum atomic E-state index is -2.93. The summed E-state index contributed by atoms with van der Waals surface area (Å²) in [4.78, 5) is 4.11. The average Bonchev–Trinajstić information content (AvgIpc) is 2.38. The lowest BCUT2D eigenvalue weighted by Gasteiger charge is -2.11. The molecule has 6 nitrogen and oxygen atoms in total. The van der Waals surface area contributed by atoms with Gasteiger partial charge in [-0.05, 0) is 6.42 Å². The summed E-state index contributed by atoms with van der Waals surface area (Å²) < 4.78 is 27.0. The third-order valence-electron chi connectivity index (χ3n) is 2.68. The smallest absolute Gasteiger partial charge is 0.191 e. The number of halogens is 1. The second-order valence-electron chi connectivity index (χ2n) is 4.73. The standard InChI is InChI=1S/C13H29N3O3S.HI/c1-4-5-6-7-8-15-13(14-2)16-9-10-19-11-12-20(3,17)18;/h4-12H2,1-3H3,(H2,14,15,16);1H. The molecular formula is C13H30IN3O3S. The van der Waals surface area contributed by atoms with Crippen molar-refractivity contribution in [3.05, 3.63) is 0 Å². The highest BCUT2D eigenvalue weighted by molar-refractivity contribution is 14.0. The number of sulfone groups is 1. The van der Waals surface area contributed by atoms with Gasteiger partial charge in [0.05, 0.1) is 19.0 Å². The van der Waals surface area contributed by atoms with Crippen LogP contribution in [0.5, 0.6) is 0 Å². The van der Waals surface area contributed by atoms with Crippen LogP contribution in [-0.4, -0.2) is 59.7 Å². The van der Waals surface area contributed by atoms with E-state index in [-0.39, 0.29) is 36.3 Å². The van der Waals surface area contributed by atoms with Gasteiger partial charge in [-0.1, -0.05) is 26.2 Å². The van der Waals surface area contributed by atoms with Gasteiger partial charge < -0.3 is 15.4 Å². The fraction of sp³-hybridized carbons (Fsp3) is 0.923. The van der Waals surface area contributed by atoms with Crippen molar-refractivity contribution in [1.82, 2.24) is 10.6 Å². The van der Waals surface area contributed by atoms with Gasteiger partial charge in [0, 0.05) is 26.4 Å². The Morgan fingerprint density at radius 3 is 2.33 bits per heavy atom. The zero-order valence-electron chi connectivity index (χ0n) is 13.4. The molecule has 0 saturated carbocycles. The molecule has 21 heavy (non-hydrogen) atoms. The minimum absolute atomic E-state index is 0. The van der Waals surface area contributed by atoms with Gasteiger partial charge in [0.2, 0.25) is 0 Å². The number of nitrogens with zero attached hydrogens (tertiary/aromatic N) is 1. The molecule has 8 heteroatoms. The van der Waals surface area contributed by atoms with Crippen LogP contribution in [0.1, 0.15) is 32.6 Å². The Morgan fingerprint density at radius 1 is 1.10 bits per heavy atom. The van der Waals surface area contributed by atoms with Crippen LogP contribution in [0, 0.1) is 0 Å². The molecule has 0 aliphatic rings. The van der Waals surface area contributed by atoms with Gasteiger partial charge in [0.1, 0.15) is 9.84 Å². The van der Waals surface area contributed by atoms with Crippen molar-refractivity contribution in [2.45, 2.75) is 32.6 Å². The van der Waals surface area contributed by atoms with Gasteiger partial charge in [-0.2, -0.15) is 0 Å². The normalized spacial score (nSPS) is 11.9. The molecule has 0 fully saturated rings. The molecule has 0 aliphatic carbocycles. The zero-order valence-corrected chi connectivity index (χ0v) is 16.5. The van der Waals surface area contributed by atoms with Gasteiger partial charge in [0.15, 0.2) is 5.96 Å². The van der Waals surface area contributed by atoms with Crippen LogP contribution in [0.15, 0.2) is 4.99 Å². The van der Waals surface area contributed by atoms with Crippen molar-refractivity contribution in [2.24, 2.45) is 4.99 Å². The molecular weight excluding hydrogens is 405 g/mol. The molecule has 0 aliphatic heterocycles. The summed E-state index contributed by atoms with van der Waals surface area (Å²) in [6.45, 7) is 4.42. The second-order valence-corrected chi connectivity index (χ2v) is 6.99. The number of ether oxygens (including phenoxy) is 1. The van der Waals surface area contributed by atoms with Gasteiger partial charge >= 0.3 is 0 Å². The van der Waals surface area contributed by atoms with E-state index in [4.69, 9.17) is 4.74 Å². The van der Waals surface area contributed by atoms with Gasteiger partial charge in [0.25, 0.3) is 0 Å². The average molecular weight is 435 g/mol. The fourth-order valence-electron chi connectivity index (χ4n) is 1.53. The van der Waals surface area contributed by atoms with Crippen molar-refractivity contribution < 1.29 is 13.2 Å². The van der Waals surface area contributed by atoms with Crippen LogP contribution in [0.25, 0.3) is 0 Å². The van der Waals surface area contributed by atoms with Gasteiger partial charge in [-0.3, -0.25) is 4.99 Å². The van der Waals surface area contributed by atoms with Crippen molar-refractivity contribution in [3.63, 3.8) is 0 Å². The highest BCUT2D eigenvalue weighted by Crippen LogP contribution is 1.96. The Kier molecular flexibility index (Phi) is 16.4. The highest BCUT2D eigenvalue weighted by atomic mass is 127. The quantitative estimate of drug-likeness (QED) is 0.222. The number of hydrogen-bond donors (Lipinski definition) is 2. The summed E-state index contributed by atoms with van der Waals surface area (Å²) in [6, 6.07) is 0. The first-order valence-corrected chi connectivity index (χ1v) is 9.25. The first kappa shape index (κ1) is 23.2. The van der Waals surface area contributed by atoms with Crippen LogP contribution in [-0.2, 0) is 14.6 Å². The molecule has 0 rings (SSSR count). The molecule has 0 atom stereocenters. The Hall–Kier alpha value is -0.0900. The third-order valence-corrected chi connectivity index (χ3v) is 3.59. The SMILES string of the molecule is CCCCCCNC(=NC)NCCOCCS(C)(=O)=O.I. The summed E-state index contributed by atoms with van der Waals surface area (Å²) in [7, 11) is -1.21. The molecule has 0 saturated heterocycles. The predicted octanol–water partition coefficient (Wildman–Crippen LogP) is 1.41. The van der Waals surface area contributed by atoms with Crippen LogP contribution in [0.2, 0.25) is 0 Å². The maximum absolute atomic E-state index is 10.9. The first-order chi connectivity index (χ1) is 9.49. The Bertz CT molecular complexity index is 362. The molecule has 0 aromatic rings. The molecule has 0 heterocycles. The summed E-state index contributed by atoms with van der Waals surface area (Å²) in [6.07, 6.45) is 6.08. The molecule has 0 aromatic heterocycles. The molecule has 0 amide bonds. The monoisotopic (exact) mass is 435 g/mol. The Balaban J connectivity index is 0. The van der Waals surface area contributed by atoms with Gasteiger partial charge in [-0.25, -0.2) is 8.42 Å². The number of aliphatic imine (C=N–C) groups is 1. The van der Waals surface area contributed by atoms with E-state index in [9.17, 15) is 8.42 Å². The largest absolute Gasteiger partial charge is 0.379 e. The predicted molar refractivity (Wildman–Crippen MR) is 99.5 cm³/mol. The molecule has 0 spiro atoms. The zero-order chi connectivity index (χ0) is 15.3. The van der Waals surface area contributed by atoms with E-state index >= 15 is 0 Å². The molecule has 2 N–H and O–H groups in total. The number of rotatable bonds is 11. The summed E-state index contributed by atoms with van der Waals surface area (Å²) in [5, 5.41) is 6.35. The molecule has 0 aromatic carbocycles. The topological polar surface area (TPSA) is 79.8 Å². The van der Waals surface area contributed by atoms with E-state index in [0.717, 1.165) is 18.9 Å². The minimum Gasteiger partial charge on any atom is -0.379 e. The van der Waals surface area contributed by atoms with Crippen LogP contribution in [0.3, 0.4) is 0 Å². The molecule has 0 bridgehead atoms. The summed E-state index contributed by atoms with van der Waals surface area (Å²) >= 11 is 0. The van der Waals surface area contributed by atoms with Gasteiger partial charge in [-0.15, -0.1) is 24.0 Å². The van der Waals surface area contributed by atoms with Crippen molar-refractivity contribution in [1.29, 1.82) is 0 Å². The summed E-state index contributed by atoms with van der Waals surface area (Å²) in [5.41, 5.74) is 0. The van der Waals surface area contributed by atoms with E-state index in [0.29, 0.717) is 13.2 Å². The second kappa shape index (κ2) is 14.8. The van der Waals surface area contributed by atoms with E-state index in [1.165, 1.54) is 25.5 Å². The molecule has 0 radical (unpaired) electrons. The lowest BCUT2D eigenvalue weighted by Crippen LogP contribution is -2.39. The maximum Gasteiger partial charge on any atom is 0.191 e. The van der Waals surface area contributed by atoms with E-state index in [1.54, 1.807) is 7.05 Å². The highest BCUT2D eigenvalue weighted by Gasteiger charge is 2.01. The summed E-state index contributed by atoms with van der Waals surface area (Å²) in [5.74, 6) is 0.824. The third kappa shape index (κ3) is 17.9. The lowest BCUT2D eigenvalue weighted by molar-refractivity contribution is 0.154. The van der Waals surface area contributed by atoms with Crippen LogP contribution >= 0.6 is 24.0 Å². The first-order valence-electron chi connectivity index (χ1n) is 7.19. The van der Waals surface area contributed by atoms with Crippen molar-refractivity contribution in [3.8, 4) is 0 Å². The Labute approximate surface area is 146 Å². The number of nitrogens with one attached hydrogen (secondary N) is 2. The fourth-order valence-corrected chi connectivity index (χ4v) is 1.95. The Morgan fingerprint density at radius 2 is 1.76 bits per heavy atom. The van der Waals surface area contributed by atoms with Crippen molar-refractivity contribution >= 4 is 39.8 Å². The number of guanidine groups is 1. The maximum atomic E-state index is 10.9. The van der Waals surface area contributed by atoms with E-state index in [1.807, 2.05) is 0 Å².